The second-order valence-corrected chi connectivity index (χ2v) is 4.87. The Hall–Kier alpha value is -2.62. The van der Waals surface area contributed by atoms with Gasteiger partial charge in [0.15, 0.2) is 6.73 Å². The molecule has 20 heavy (non-hydrogen) atoms. The lowest BCUT2D eigenvalue weighted by Gasteiger charge is -2.26. The number of hydrazone groups is 1. The van der Waals surface area contributed by atoms with Gasteiger partial charge >= 0.3 is 0 Å². The molecule has 0 radical (unpaired) electrons. The quantitative estimate of drug-likeness (QED) is 0.783. The van der Waals surface area contributed by atoms with E-state index in [1.54, 1.807) is 5.01 Å². The van der Waals surface area contributed by atoms with Crippen LogP contribution in [-0.4, -0.2) is 23.9 Å². The number of hydrogen-bond donors (Lipinski definition) is 0. The summed E-state index contributed by atoms with van der Waals surface area (Å²) >= 11 is 0. The van der Waals surface area contributed by atoms with Crippen molar-refractivity contribution in [2.24, 2.45) is 5.10 Å². The average molecular weight is 264 g/mol. The number of rotatable bonds is 2. The van der Waals surface area contributed by atoms with Gasteiger partial charge in [0.25, 0.3) is 5.90 Å². The number of hydrogen-bond acceptors (Lipinski definition) is 4. The molecule has 0 saturated heterocycles. The van der Waals surface area contributed by atoms with Crippen LogP contribution < -0.4 is 0 Å². The molecule has 98 valence electrons. The van der Waals surface area contributed by atoms with Gasteiger partial charge in [-0.3, -0.25) is 4.79 Å². The number of benzene rings is 2. The predicted molar refractivity (Wildman–Crippen MR) is 77.0 cm³/mol. The summed E-state index contributed by atoms with van der Waals surface area (Å²) < 4.78 is 5.23. The molecule has 1 heterocycles. The van der Waals surface area contributed by atoms with Crippen LogP contribution in [0.4, 0.5) is 0 Å². The third-order valence-electron chi connectivity index (χ3n) is 3.74. The molecule has 2 aliphatic rings. The molecule has 4 heteroatoms. The molecule has 0 amide bonds. The molecule has 1 aliphatic heterocycles. The number of aldehydes is 1. The monoisotopic (exact) mass is 264 g/mol. The lowest BCUT2D eigenvalue weighted by atomic mass is 9.90. The van der Waals surface area contributed by atoms with E-state index in [0.29, 0.717) is 13.0 Å². The summed E-state index contributed by atoms with van der Waals surface area (Å²) in [5.74, 6) is 0.143. The van der Waals surface area contributed by atoms with Crippen molar-refractivity contribution < 1.29 is 9.53 Å². The molecule has 0 fully saturated rings. The molecule has 4 nitrogen and oxygen atoms in total. The van der Waals surface area contributed by atoms with Crippen LogP contribution in [0.1, 0.15) is 17.2 Å². The minimum atomic E-state index is 0.00560. The number of nitrogens with zero attached hydrogens (tertiary/aromatic N) is 2. The first-order valence-electron chi connectivity index (χ1n) is 6.50. The van der Waals surface area contributed by atoms with E-state index in [2.05, 4.69) is 53.7 Å². The summed E-state index contributed by atoms with van der Waals surface area (Å²) in [6.45, 7) is 0.307. The van der Waals surface area contributed by atoms with Crippen molar-refractivity contribution in [2.45, 2.75) is 6.04 Å². The molecule has 1 atom stereocenters. The summed E-state index contributed by atoms with van der Waals surface area (Å²) in [4.78, 5) is 10.7. The normalized spacial score (nSPS) is 19.9. The highest BCUT2D eigenvalue weighted by Crippen LogP contribution is 2.37. The molecule has 1 aliphatic carbocycles. The van der Waals surface area contributed by atoms with Gasteiger partial charge in [0.2, 0.25) is 6.29 Å². The summed E-state index contributed by atoms with van der Waals surface area (Å²) in [5, 5.41) is 8.46. The Balaban J connectivity index is 1.86. The lowest BCUT2D eigenvalue weighted by molar-refractivity contribution is -0.103. The number of ether oxygens (including phenoxy) is 1. The van der Waals surface area contributed by atoms with Gasteiger partial charge < -0.3 is 4.74 Å². The largest absolute Gasteiger partial charge is 0.451 e. The standard InChI is InChI=1S/C16H12N2O2/c19-9-15-17-18(10-20-15)14-8-7-12-4-1-3-11-5-2-6-13(14)16(11)12/h1-9,14H,10H2. The van der Waals surface area contributed by atoms with Crippen molar-refractivity contribution in [3.63, 3.8) is 0 Å². The lowest BCUT2D eigenvalue weighted by Crippen LogP contribution is -2.21. The zero-order valence-corrected chi connectivity index (χ0v) is 10.7. The van der Waals surface area contributed by atoms with Crippen LogP contribution in [-0.2, 0) is 9.53 Å². The summed E-state index contributed by atoms with van der Waals surface area (Å²) in [6, 6.07) is 12.6. The summed E-state index contributed by atoms with van der Waals surface area (Å²) in [6.07, 6.45) is 4.84. The topological polar surface area (TPSA) is 41.9 Å². The maximum Gasteiger partial charge on any atom is 0.273 e. The van der Waals surface area contributed by atoms with Gasteiger partial charge in [0.05, 0.1) is 6.04 Å². The molecular weight excluding hydrogens is 252 g/mol. The second kappa shape index (κ2) is 4.20. The van der Waals surface area contributed by atoms with E-state index in [1.807, 2.05) is 0 Å². The molecule has 2 aromatic carbocycles. The molecule has 4 rings (SSSR count). The highest BCUT2D eigenvalue weighted by Gasteiger charge is 2.26. The first kappa shape index (κ1) is 11.2. The Kier molecular flexibility index (Phi) is 2.36. The Morgan fingerprint density at radius 2 is 2.10 bits per heavy atom. The first-order chi connectivity index (χ1) is 9.86. The van der Waals surface area contributed by atoms with E-state index < -0.39 is 0 Å². The van der Waals surface area contributed by atoms with Gasteiger partial charge in [-0.25, -0.2) is 5.01 Å². The van der Waals surface area contributed by atoms with E-state index in [4.69, 9.17) is 4.74 Å². The Morgan fingerprint density at radius 3 is 2.90 bits per heavy atom. The number of carbonyl (C=O) groups is 1. The molecule has 2 aromatic rings. The van der Waals surface area contributed by atoms with Crippen LogP contribution in [0.25, 0.3) is 16.8 Å². The molecule has 0 N–H and O–H groups in total. The van der Waals surface area contributed by atoms with Crippen LogP contribution >= 0.6 is 0 Å². The average Bonchev–Trinajstić information content (AvgIpc) is 2.97. The van der Waals surface area contributed by atoms with Crippen molar-refractivity contribution >= 4 is 29.0 Å². The zero-order valence-electron chi connectivity index (χ0n) is 10.7. The third-order valence-corrected chi connectivity index (χ3v) is 3.74. The van der Waals surface area contributed by atoms with Crippen LogP contribution in [0.3, 0.4) is 0 Å². The van der Waals surface area contributed by atoms with Crippen molar-refractivity contribution in [3.8, 4) is 0 Å². The summed E-state index contributed by atoms with van der Waals surface area (Å²) in [5.41, 5.74) is 2.41. The van der Waals surface area contributed by atoms with Crippen molar-refractivity contribution in [1.82, 2.24) is 5.01 Å². The molecule has 0 spiro atoms. The van der Waals surface area contributed by atoms with Gasteiger partial charge in [-0.15, -0.1) is 5.10 Å². The molecule has 0 saturated carbocycles. The van der Waals surface area contributed by atoms with Gasteiger partial charge in [0, 0.05) is 0 Å². The maximum absolute atomic E-state index is 10.7. The van der Waals surface area contributed by atoms with Crippen LogP contribution in [0.5, 0.6) is 0 Å². The molecular formula is C16H12N2O2. The molecule has 0 bridgehead atoms. The zero-order chi connectivity index (χ0) is 13.5. The minimum Gasteiger partial charge on any atom is -0.451 e. The highest BCUT2D eigenvalue weighted by atomic mass is 16.5. The molecule has 1 unspecified atom stereocenters. The van der Waals surface area contributed by atoms with Crippen molar-refractivity contribution in [1.29, 1.82) is 0 Å². The fourth-order valence-corrected chi connectivity index (χ4v) is 2.86. The van der Waals surface area contributed by atoms with Crippen LogP contribution in [0.15, 0.2) is 47.6 Å². The van der Waals surface area contributed by atoms with E-state index in [9.17, 15) is 4.79 Å². The number of carbonyl (C=O) groups excluding carboxylic acids is 1. The maximum atomic E-state index is 10.7. The van der Waals surface area contributed by atoms with Gasteiger partial charge in [0.1, 0.15) is 0 Å². The Bertz CT molecular complexity index is 759. The first-order valence-corrected chi connectivity index (χ1v) is 6.50. The smallest absolute Gasteiger partial charge is 0.273 e. The highest BCUT2D eigenvalue weighted by molar-refractivity contribution is 6.24. The fraction of sp³-hybridized carbons (Fsp3) is 0.125. The Morgan fingerprint density at radius 1 is 1.25 bits per heavy atom. The van der Waals surface area contributed by atoms with Gasteiger partial charge in [-0.1, -0.05) is 48.6 Å². The van der Waals surface area contributed by atoms with E-state index in [1.165, 1.54) is 21.9 Å². The minimum absolute atomic E-state index is 0.00560. The van der Waals surface area contributed by atoms with E-state index in [0.717, 1.165) is 0 Å². The third kappa shape index (κ3) is 1.54. The predicted octanol–water partition coefficient (Wildman–Crippen LogP) is 2.71. The van der Waals surface area contributed by atoms with Crippen LogP contribution in [0.2, 0.25) is 0 Å². The van der Waals surface area contributed by atoms with Crippen LogP contribution in [0, 0.1) is 0 Å². The SMILES string of the molecule is O=CC1=NN(C2C=Cc3cccc4cccc2c34)CO1. The van der Waals surface area contributed by atoms with Crippen molar-refractivity contribution in [2.75, 3.05) is 6.73 Å². The van der Waals surface area contributed by atoms with Crippen molar-refractivity contribution in [3.05, 3.63) is 53.6 Å². The fourth-order valence-electron chi connectivity index (χ4n) is 2.86. The van der Waals surface area contributed by atoms with Gasteiger partial charge in [-0.2, -0.15) is 0 Å². The van der Waals surface area contributed by atoms with Gasteiger partial charge in [-0.05, 0) is 21.9 Å². The van der Waals surface area contributed by atoms with E-state index >= 15 is 0 Å². The molecule has 0 aromatic heterocycles. The van der Waals surface area contributed by atoms with E-state index in [-0.39, 0.29) is 11.9 Å². The second-order valence-electron chi connectivity index (χ2n) is 4.87. The Labute approximate surface area is 116 Å². The summed E-state index contributed by atoms with van der Waals surface area (Å²) in [7, 11) is 0.